The number of esters is 2. The number of hydrogen-bond donors (Lipinski definition) is 0. The van der Waals surface area contributed by atoms with Gasteiger partial charge >= 0.3 is 11.9 Å². The van der Waals surface area contributed by atoms with Gasteiger partial charge in [-0.3, -0.25) is 14.2 Å². The lowest BCUT2D eigenvalue weighted by Gasteiger charge is -2.28. The maximum Gasteiger partial charge on any atom is 0.306 e. The van der Waals surface area contributed by atoms with Crippen LogP contribution < -0.4 is 4.89 Å². The number of phosphoric acid groups is 1. The quantitative estimate of drug-likeness (QED) is 0.0195. The first kappa shape index (κ1) is 73.5. The number of rotatable bonds is 58. The largest absolute Gasteiger partial charge is 0.756 e. The van der Waals surface area contributed by atoms with Gasteiger partial charge in [-0.2, -0.15) is 0 Å². The van der Waals surface area contributed by atoms with E-state index >= 15 is 0 Å². The topological polar surface area (TPSA) is 111 Å². The number of nitrogens with zero attached hydrogens (tertiary/aromatic N) is 1. The van der Waals surface area contributed by atoms with Crippen LogP contribution in [0.4, 0.5) is 0 Å². The molecule has 0 radical (unpaired) electrons. The summed E-state index contributed by atoms with van der Waals surface area (Å²) >= 11 is 0. The van der Waals surface area contributed by atoms with Crippen molar-refractivity contribution in [3.05, 3.63) is 72.9 Å². The number of phosphoric ester groups is 1. The standard InChI is InChI=1S/C66H120NO8P/c1-6-8-10-12-14-16-18-20-22-24-25-26-27-28-29-30-31-32-33-34-35-36-37-38-39-40-41-43-44-46-48-50-52-54-56-58-65(68)72-62-64(63-74-76(70,71)73-61-60-67(3,4)5)75-66(69)59-57-55-53-51-49-47-45-42-23-21-19-17-15-13-11-9-7-2/h9,11,15,17-18,20-21,23-25,45,47,64H,6-8,10,12-14,16,19,22,26-44,46,48-63H2,1-5H3/b11-9-,17-15-,20-18-,23-21-,25-24-,47-45-. The third-order valence-corrected chi connectivity index (χ3v) is 14.7. The molecule has 9 nitrogen and oxygen atoms in total. The minimum absolute atomic E-state index is 0.0374. The molecule has 2 unspecified atom stereocenters. The fourth-order valence-corrected chi connectivity index (χ4v) is 9.58. The Kier molecular flexibility index (Phi) is 55.2. The van der Waals surface area contributed by atoms with E-state index in [4.69, 9.17) is 18.5 Å². The molecule has 10 heteroatoms. The van der Waals surface area contributed by atoms with Crippen molar-refractivity contribution in [1.82, 2.24) is 0 Å². The summed E-state index contributed by atoms with van der Waals surface area (Å²) in [7, 11) is 1.15. The lowest BCUT2D eigenvalue weighted by molar-refractivity contribution is -0.870. The summed E-state index contributed by atoms with van der Waals surface area (Å²) in [6.07, 6.45) is 75.6. The maximum atomic E-state index is 12.8. The van der Waals surface area contributed by atoms with Gasteiger partial charge in [-0.15, -0.1) is 0 Å². The molecule has 0 aliphatic carbocycles. The van der Waals surface area contributed by atoms with Crippen LogP contribution in [0.1, 0.15) is 284 Å². The second kappa shape index (κ2) is 57.1. The highest BCUT2D eigenvalue weighted by molar-refractivity contribution is 7.45. The average molecular weight is 1090 g/mol. The highest BCUT2D eigenvalue weighted by Gasteiger charge is 2.22. The van der Waals surface area contributed by atoms with Crippen molar-refractivity contribution in [1.29, 1.82) is 0 Å². The number of hydrogen-bond acceptors (Lipinski definition) is 8. The number of quaternary nitrogens is 1. The Hall–Kier alpha value is -2.55. The van der Waals surface area contributed by atoms with Crippen LogP contribution in [0.2, 0.25) is 0 Å². The summed E-state index contributed by atoms with van der Waals surface area (Å²) in [5, 5.41) is 0. The van der Waals surface area contributed by atoms with E-state index in [2.05, 4.69) is 86.8 Å². The molecule has 0 saturated heterocycles. The number of carbonyl (C=O) groups excluding carboxylic acids is 2. The number of ether oxygens (including phenoxy) is 2. The number of unbranched alkanes of at least 4 members (excludes halogenated alkanes) is 32. The molecule has 0 amide bonds. The molecule has 0 aliphatic heterocycles. The number of likely N-dealkylation sites (N-methyl/N-ethyl adjacent to an activating group) is 1. The summed E-state index contributed by atoms with van der Waals surface area (Å²) in [4.78, 5) is 37.9. The van der Waals surface area contributed by atoms with E-state index in [1.165, 1.54) is 173 Å². The molecular weight excluding hydrogens is 966 g/mol. The minimum Gasteiger partial charge on any atom is -0.756 e. The fourth-order valence-electron chi connectivity index (χ4n) is 8.86. The van der Waals surface area contributed by atoms with Crippen molar-refractivity contribution in [3.8, 4) is 0 Å². The van der Waals surface area contributed by atoms with Gasteiger partial charge in [0.2, 0.25) is 0 Å². The normalized spacial score (nSPS) is 13.7. The van der Waals surface area contributed by atoms with Crippen LogP contribution in [-0.4, -0.2) is 70.0 Å². The van der Waals surface area contributed by atoms with Crippen LogP contribution in [0.15, 0.2) is 72.9 Å². The predicted molar refractivity (Wildman–Crippen MR) is 323 cm³/mol. The Morgan fingerprint density at radius 2 is 0.750 bits per heavy atom. The second-order valence-corrected chi connectivity index (χ2v) is 23.8. The molecule has 0 aromatic rings. The molecule has 0 aromatic heterocycles. The molecule has 0 fully saturated rings. The van der Waals surface area contributed by atoms with Crippen LogP contribution in [0.3, 0.4) is 0 Å². The summed E-state index contributed by atoms with van der Waals surface area (Å²) in [5.74, 6) is -0.854. The van der Waals surface area contributed by atoms with Gasteiger partial charge in [-0.05, 0) is 83.5 Å². The van der Waals surface area contributed by atoms with Crippen LogP contribution in [0.5, 0.6) is 0 Å². The van der Waals surface area contributed by atoms with E-state index in [9.17, 15) is 19.0 Å². The summed E-state index contributed by atoms with van der Waals surface area (Å²) in [6.45, 7) is 4.11. The lowest BCUT2D eigenvalue weighted by Crippen LogP contribution is -2.37. The number of carbonyl (C=O) groups is 2. The first-order valence-electron chi connectivity index (χ1n) is 31.6. The predicted octanol–water partition coefficient (Wildman–Crippen LogP) is 19.4. The second-order valence-electron chi connectivity index (χ2n) is 22.4. The van der Waals surface area contributed by atoms with Gasteiger partial charge < -0.3 is 27.9 Å². The van der Waals surface area contributed by atoms with Crippen LogP contribution in [0.25, 0.3) is 0 Å². The number of allylic oxidation sites excluding steroid dienone is 12. The first-order valence-corrected chi connectivity index (χ1v) is 33.1. The zero-order valence-electron chi connectivity index (χ0n) is 50.2. The van der Waals surface area contributed by atoms with Crippen molar-refractivity contribution in [2.24, 2.45) is 0 Å². The Morgan fingerprint density at radius 1 is 0.421 bits per heavy atom. The summed E-state index contributed by atoms with van der Waals surface area (Å²) in [5.41, 5.74) is 0. The van der Waals surface area contributed by atoms with E-state index in [0.717, 1.165) is 77.0 Å². The molecule has 0 aromatic carbocycles. The molecule has 0 heterocycles. The van der Waals surface area contributed by atoms with Gasteiger partial charge in [0, 0.05) is 12.8 Å². The Bertz CT molecular complexity index is 1510. The van der Waals surface area contributed by atoms with Crippen molar-refractivity contribution in [2.75, 3.05) is 47.5 Å². The van der Waals surface area contributed by atoms with E-state index in [-0.39, 0.29) is 32.0 Å². The average Bonchev–Trinajstić information content (AvgIpc) is 3.38. The van der Waals surface area contributed by atoms with E-state index in [1.807, 2.05) is 21.1 Å². The van der Waals surface area contributed by atoms with Gasteiger partial charge in [0.15, 0.2) is 6.10 Å². The third kappa shape index (κ3) is 60.7. The Morgan fingerprint density at radius 3 is 1.12 bits per heavy atom. The fraction of sp³-hybridized carbons (Fsp3) is 0.788. The van der Waals surface area contributed by atoms with E-state index in [0.29, 0.717) is 17.4 Å². The molecule has 0 rings (SSSR count). The molecule has 76 heavy (non-hydrogen) atoms. The van der Waals surface area contributed by atoms with Crippen molar-refractivity contribution >= 4 is 19.8 Å². The lowest BCUT2D eigenvalue weighted by atomic mass is 10.0. The summed E-state index contributed by atoms with van der Waals surface area (Å²) in [6, 6.07) is 0. The molecule has 0 saturated carbocycles. The molecule has 2 atom stereocenters. The molecular formula is C66H120NO8P. The molecule has 442 valence electrons. The molecule has 0 bridgehead atoms. The van der Waals surface area contributed by atoms with Crippen LogP contribution in [0, 0.1) is 0 Å². The molecule has 0 spiro atoms. The van der Waals surface area contributed by atoms with Gasteiger partial charge in [0.25, 0.3) is 7.82 Å². The van der Waals surface area contributed by atoms with Crippen LogP contribution in [-0.2, 0) is 32.7 Å². The van der Waals surface area contributed by atoms with E-state index in [1.54, 1.807) is 0 Å². The monoisotopic (exact) mass is 1090 g/mol. The van der Waals surface area contributed by atoms with Crippen molar-refractivity contribution in [3.63, 3.8) is 0 Å². The highest BCUT2D eigenvalue weighted by Crippen LogP contribution is 2.38. The highest BCUT2D eigenvalue weighted by atomic mass is 31.2. The Balaban J connectivity index is 3.99. The third-order valence-electron chi connectivity index (χ3n) is 13.7. The maximum absolute atomic E-state index is 12.8. The van der Waals surface area contributed by atoms with Gasteiger partial charge in [0.05, 0.1) is 27.7 Å². The van der Waals surface area contributed by atoms with E-state index < -0.39 is 26.5 Å². The molecule has 0 aliphatic rings. The van der Waals surface area contributed by atoms with Gasteiger partial charge in [-0.25, -0.2) is 0 Å². The molecule has 0 N–H and O–H groups in total. The minimum atomic E-state index is -4.64. The van der Waals surface area contributed by atoms with Crippen molar-refractivity contribution < 1.29 is 42.1 Å². The van der Waals surface area contributed by atoms with Gasteiger partial charge in [-0.1, -0.05) is 260 Å². The Labute approximate surface area is 469 Å². The zero-order valence-corrected chi connectivity index (χ0v) is 51.1. The van der Waals surface area contributed by atoms with Crippen molar-refractivity contribution in [2.45, 2.75) is 290 Å². The summed E-state index contributed by atoms with van der Waals surface area (Å²) < 4.78 is 34.1. The first-order chi connectivity index (χ1) is 37.0. The SMILES string of the molecule is CC/C=C\C/C=C\C/C=C\C/C=C\CCCCCCC(=O)OC(COC(=O)CCCCCCCCCCCCCCCCCCCCCCCCC/C=C\C/C=C\CCCCCCC)COP(=O)([O-])OCC[N+](C)(C)C. The van der Waals surface area contributed by atoms with Crippen LogP contribution >= 0.6 is 7.82 Å². The van der Waals surface area contributed by atoms with Gasteiger partial charge in [0.1, 0.15) is 19.8 Å². The smallest absolute Gasteiger partial charge is 0.306 e. The zero-order chi connectivity index (χ0) is 55.6.